The van der Waals surface area contributed by atoms with Crippen LogP contribution < -0.4 is 5.32 Å². The molecule has 33 heavy (non-hydrogen) atoms. The van der Waals surface area contributed by atoms with Crippen LogP contribution in [0, 0.1) is 17.8 Å². The van der Waals surface area contributed by atoms with E-state index >= 15 is 0 Å². The molecule has 2 aromatic rings. The molecular weight excluding hydrogens is 434 g/mol. The van der Waals surface area contributed by atoms with E-state index in [0.29, 0.717) is 29.8 Å². The van der Waals surface area contributed by atoms with Crippen molar-refractivity contribution in [2.24, 2.45) is 5.92 Å². The number of halogens is 1. The van der Waals surface area contributed by atoms with Gasteiger partial charge in [-0.15, -0.1) is 0 Å². The van der Waals surface area contributed by atoms with E-state index in [2.05, 4.69) is 35.3 Å². The molecule has 1 fully saturated rings. The Morgan fingerprint density at radius 3 is 2.85 bits per heavy atom. The first-order valence-corrected chi connectivity index (χ1v) is 11.7. The Morgan fingerprint density at radius 1 is 1.30 bits per heavy atom. The largest absolute Gasteiger partial charge is 0.381 e. The number of ether oxygens (including phenoxy) is 1. The van der Waals surface area contributed by atoms with Gasteiger partial charge in [0, 0.05) is 35.9 Å². The Bertz CT molecular complexity index is 1170. The number of carbonyl (C=O) groups excluding carboxylic acids is 1. The van der Waals surface area contributed by atoms with Gasteiger partial charge in [0.1, 0.15) is 5.69 Å². The predicted molar refractivity (Wildman–Crippen MR) is 131 cm³/mol. The number of benzene rings is 1. The summed E-state index contributed by atoms with van der Waals surface area (Å²) < 4.78 is 7.17. The maximum absolute atomic E-state index is 13.3. The van der Waals surface area contributed by atoms with E-state index < -0.39 is 0 Å². The van der Waals surface area contributed by atoms with E-state index in [1.54, 1.807) is 4.68 Å². The van der Waals surface area contributed by atoms with Gasteiger partial charge in [-0.1, -0.05) is 54.6 Å². The standard InChI is InChI=1S/C27H28ClN3O2/c1-3-23-12-11-21(10-9-20-7-5-4-6-8-20)15-19(2)25(23)30-27(32)26-24(28)16-29-31(26)17-22-13-14-33-18-22/h4-8,11,15-16,22H,3,12-14,17-18H2,1-2H3,(H,30,32)/t22-/m0/s1. The van der Waals surface area contributed by atoms with Gasteiger partial charge in [0.05, 0.1) is 17.8 Å². The molecule has 1 aliphatic heterocycles. The minimum Gasteiger partial charge on any atom is -0.381 e. The summed E-state index contributed by atoms with van der Waals surface area (Å²) >= 11 is 6.37. The molecular formula is C27H28ClN3O2. The van der Waals surface area contributed by atoms with E-state index in [1.807, 2.05) is 43.3 Å². The summed E-state index contributed by atoms with van der Waals surface area (Å²) in [5, 5.41) is 7.83. The van der Waals surface area contributed by atoms with E-state index in [-0.39, 0.29) is 5.91 Å². The fourth-order valence-electron chi connectivity index (χ4n) is 4.11. The minimum absolute atomic E-state index is 0.246. The first kappa shape index (κ1) is 23.1. The van der Waals surface area contributed by atoms with Gasteiger partial charge in [0.25, 0.3) is 5.91 Å². The lowest BCUT2D eigenvalue weighted by atomic mass is 10.0. The molecule has 4 rings (SSSR count). The Kier molecular flexibility index (Phi) is 7.49. The molecule has 1 atom stereocenters. The molecule has 2 aliphatic rings. The number of carbonyl (C=O) groups is 1. The van der Waals surface area contributed by atoms with Gasteiger partial charge >= 0.3 is 0 Å². The van der Waals surface area contributed by atoms with Gasteiger partial charge in [0.2, 0.25) is 0 Å². The Hall–Kier alpha value is -3.07. The molecule has 0 radical (unpaired) electrons. The third kappa shape index (κ3) is 5.65. The van der Waals surface area contributed by atoms with Crippen LogP contribution in [0.5, 0.6) is 0 Å². The fraction of sp³-hybridized carbons (Fsp3) is 0.333. The summed E-state index contributed by atoms with van der Waals surface area (Å²) in [5.74, 6) is 6.57. The normalized spacial score (nSPS) is 18.2. The number of nitrogens with one attached hydrogen (secondary N) is 1. The van der Waals surface area contributed by atoms with Gasteiger partial charge in [-0.25, -0.2) is 0 Å². The van der Waals surface area contributed by atoms with Crippen LogP contribution in [0.1, 0.15) is 49.2 Å². The molecule has 170 valence electrons. The summed E-state index contributed by atoms with van der Waals surface area (Å²) in [5.41, 5.74) is 5.26. The lowest BCUT2D eigenvalue weighted by Gasteiger charge is -2.16. The van der Waals surface area contributed by atoms with Crippen molar-refractivity contribution in [3.8, 4) is 11.8 Å². The quantitative estimate of drug-likeness (QED) is 0.615. The van der Waals surface area contributed by atoms with Crippen molar-refractivity contribution in [3.05, 3.63) is 87.4 Å². The van der Waals surface area contributed by atoms with Crippen molar-refractivity contribution in [1.29, 1.82) is 0 Å². The zero-order chi connectivity index (χ0) is 23.2. The highest BCUT2D eigenvalue weighted by atomic mass is 35.5. The zero-order valence-electron chi connectivity index (χ0n) is 19.0. The van der Waals surface area contributed by atoms with Crippen molar-refractivity contribution in [1.82, 2.24) is 15.1 Å². The Balaban J connectivity index is 1.55. The molecule has 0 spiro atoms. The van der Waals surface area contributed by atoms with Gasteiger partial charge in [-0.2, -0.15) is 5.10 Å². The van der Waals surface area contributed by atoms with E-state index in [1.165, 1.54) is 6.20 Å². The maximum atomic E-state index is 13.3. The van der Waals surface area contributed by atoms with E-state index in [0.717, 1.165) is 53.8 Å². The number of hydrogen-bond acceptors (Lipinski definition) is 3. The van der Waals surface area contributed by atoms with Crippen molar-refractivity contribution in [3.63, 3.8) is 0 Å². The summed E-state index contributed by atoms with van der Waals surface area (Å²) in [7, 11) is 0. The molecule has 0 bridgehead atoms. The lowest BCUT2D eigenvalue weighted by molar-refractivity contribution is 0.0953. The second kappa shape index (κ2) is 10.7. The van der Waals surface area contributed by atoms with Gasteiger partial charge in [-0.3, -0.25) is 9.48 Å². The van der Waals surface area contributed by atoms with Gasteiger partial charge < -0.3 is 10.1 Å². The van der Waals surface area contributed by atoms with Crippen LogP contribution in [0.2, 0.25) is 5.02 Å². The number of hydrogen-bond donors (Lipinski definition) is 1. The summed E-state index contributed by atoms with van der Waals surface area (Å²) in [4.78, 5) is 13.3. The highest BCUT2D eigenvalue weighted by Gasteiger charge is 2.24. The molecule has 1 saturated heterocycles. The maximum Gasteiger partial charge on any atom is 0.275 e. The van der Waals surface area contributed by atoms with Crippen LogP contribution >= 0.6 is 11.6 Å². The first-order valence-electron chi connectivity index (χ1n) is 11.3. The zero-order valence-corrected chi connectivity index (χ0v) is 19.8. The Morgan fingerprint density at radius 2 is 2.12 bits per heavy atom. The number of rotatable bonds is 5. The smallest absolute Gasteiger partial charge is 0.275 e. The van der Waals surface area contributed by atoms with Crippen LogP contribution in [0.3, 0.4) is 0 Å². The average Bonchev–Trinajstić information content (AvgIpc) is 3.43. The van der Waals surface area contributed by atoms with Crippen molar-refractivity contribution < 1.29 is 9.53 Å². The summed E-state index contributed by atoms with van der Waals surface area (Å²) in [6, 6.07) is 9.92. The van der Waals surface area contributed by atoms with Crippen LogP contribution in [-0.4, -0.2) is 28.9 Å². The lowest BCUT2D eigenvalue weighted by Crippen LogP contribution is -2.28. The monoisotopic (exact) mass is 461 g/mol. The van der Waals surface area contributed by atoms with Crippen molar-refractivity contribution >= 4 is 17.5 Å². The predicted octanol–water partition coefficient (Wildman–Crippen LogP) is 5.30. The number of amides is 1. The minimum atomic E-state index is -0.246. The molecule has 5 nitrogen and oxygen atoms in total. The molecule has 1 amide bonds. The second-order valence-corrected chi connectivity index (χ2v) is 8.75. The highest BCUT2D eigenvalue weighted by molar-refractivity contribution is 6.33. The van der Waals surface area contributed by atoms with E-state index in [9.17, 15) is 4.79 Å². The molecule has 1 N–H and O–H groups in total. The van der Waals surface area contributed by atoms with Gasteiger partial charge in [0.15, 0.2) is 0 Å². The fourth-order valence-corrected chi connectivity index (χ4v) is 4.34. The molecule has 6 heteroatoms. The topological polar surface area (TPSA) is 56.2 Å². The molecule has 1 aromatic heterocycles. The number of aromatic nitrogens is 2. The molecule has 0 unspecified atom stereocenters. The van der Waals surface area contributed by atoms with Crippen LogP contribution in [0.25, 0.3) is 0 Å². The first-order chi connectivity index (χ1) is 16.0. The van der Waals surface area contributed by atoms with E-state index in [4.69, 9.17) is 16.3 Å². The van der Waals surface area contributed by atoms with Crippen LogP contribution in [0.4, 0.5) is 0 Å². The summed E-state index contributed by atoms with van der Waals surface area (Å²) in [6.07, 6.45) is 8.20. The average molecular weight is 462 g/mol. The third-order valence-corrected chi connectivity index (χ3v) is 6.22. The Labute approximate surface area is 200 Å². The molecule has 1 aromatic carbocycles. The molecule has 2 heterocycles. The number of allylic oxidation sites excluding steroid dienone is 5. The van der Waals surface area contributed by atoms with Crippen molar-refractivity contribution in [2.45, 2.75) is 39.7 Å². The highest BCUT2D eigenvalue weighted by Crippen LogP contribution is 2.26. The third-order valence-electron chi connectivity index (χ3n) is 5.94. The SMILES string of the molecule is CCC1=C(NC(=O)c2c(Cl)cnn2C[C@@H]2CCOC2)C(C)=CC(C#Cc2ccccc2)=CC1. The van der Waals surface area contributed by atoms with Crippen LogP contribution in [-0.2, 0) is 11.3 Å². The van der Waals surface area contributed by atoms with Crippen molar-refractivity contribution in [2.75, 3.05) is 13.2 Å². The summed E-state index contributed by atoms with van der Waals surface area (Å²) in [6.45, 7) is 6.15. The van der Waals surface area contributed by atoms with Gasteiger partial charge in [-0.05, 0) is 55.5 Å². The second-order valence-electron chi connectivity index (χ2n) is 8.35. The van der Waals surface area contributed by atoms with Crippen LogP contribution in [0.15, 0.2) is 71.1 Å². The number of nitrogens with zero attached hydrogens (tertiary/aromatic N) is 2. The molecule has 1 aliphatic carbocycles. The molecule has 0 saturated carbocycles.